The van der Waals surface area contributed by atoms with E-state index in [1.165, 1.54) is 54.1 Å². The molecule has 1 aromatic heterocycles. The Labute approximate surface area is 155 Å². The van der Waals surface area contributed by atoms with Gasteiger partial charge in [-0.25, -0.2) is 4.68 Å². The Kier molecular flexibility index (Phi) is 4.86. The molecule has 1 amide bonds. The average molecular weight is 385 g/mol. The molecule has 0 aliphatic rings. The lowest BCUT2D eigenvalue weighted by Gasteiger charge is -2.00. The van der Waals surface area contributed by atoms with Gasteiger partial charge >= 0.3 is 0 Å². The molecule has 0 aliphatic heterocycles. The van der Waals surface area contributed by atoms with Crippen molar-refractivity contribution in [3.05, 3.63) is 73.6 Å². The van der Waals surface area contributed by atoms with Crippen molar-refractivity contribution >= 4 is 28.6 Å². The van der Waals surface area contributed by atoms with Crippen molar-refractivity contribution in [3.63, 3.8) is 0 Å². The van der Waals surface area contributed by atoms with E-state index >= 15 is 0 Å². The topological polar surface area (TPSA) is 134 Å². The zero-order valence-electron chi connectivity index (χ0n) is 13.8. The van der Waals surface area contributed by atoms with Gasteiger partial charge in [0.2, 0.25) is 10.7 Å². The first-order chi connectivity index (χ1) is 12.8. The number of rotatable bonds is 4. The Hall–Kier alpha value is -3.73. The van der Waals surface area contributed by atoms with Crippen LogP contribution in [0.3, 0.4) is 0 Å². The number of aromatic nitrogens is 2. The fourth-order valence-corrected chi connectivity index (χ4v) is 3.19. The summed E-state index contributed by atoms with van der Waals surface area (Å²) in [7, 11) is 0. The van der Waals surface area contributed by atoms with Gasteiger partial charge in [0.05, 0.1) is 15.5 Å². The molecule has 0 unspecified atom stereocenters. The van der Waals surface area contributed by atoms with E-state index in [-0.39, 0.29) is 16.2 Å². The molecule has 0 spiro atoms. The van der Waals surface area contributed by atoms with E-state index in [0.717, 1.165) is 11.3 Å². The van der Waals surface area contributed by atoms with Crippen LogP contribution in [0.2, 0.25) is 0 Å². The molecular weight excluding hydrogens is 374 g/mol. The lowest BCUT2D eigenvalue weighted by atomic mass is 10.2. The fraction of sp³-hybridized carbons (Fsp3) is 0.0625. The van der Waals surface area contributed by atoms with Crippen LogP contribution in [0.25, 0.3) is 16.3 Å². The number of carbonyl (C=O) groups excluding carboxylic acids is 1. The SMILES string of the molecule is CC(=O)N=c1sc(-c2cccc([N+](=O)[O-])c2)nn1-c1ccc([N+](=O)[O-])cc1. The first kappa shape index (κ1) is 18.1. The molecule has 0 saturated carbocycles. The third-order valence-corrected chi connectivity index (χ3v) is 4.38. The number of benzene rings is 2. The van der Waals surface area contributed by atoms with E-state index in [0.29, 0.717) is 16.3 Å². The summed E-state index contributed by atoms with van der Waals surface area (Å²) in [5, 5.41) is 26.6. The summed E-state index contributed by atoms with van der Waals surface area (Å²) in [6.07, 6.45) is 0. The Morgan fingerprint density at radius 1 is 1.07 bits per heavy atom. The number of carbonyl (C=O) groups is 1. The van der Waals surface area contributed by atoms with Crippen molar-refractivity contribution in [1.82, 2.24) is 9.78 Å². The zero-order chi connectivity index (χ0) is 19.6. The highest BCUT2D eigenvalue weighted by Crippen LogP contribution is 2.25. The summed E-state index contributed by atoms with van der Waals surface area (Å²) in [4.78, 5) is 36.4. The largest absolute Gasteiger partial charge is 0.273 e. The van der Waals surface area contributed by atoms with E-state index in [1.807, 2.05) is 0 Å². The van der Waals surface area contributed by atoms with Gasteiger partial charge in [-0.05, 0) is 12.1 Å². The molecule has 11 heteroatoms. The normalized spacial score (nSPS) is 11.4. The maximum absolute atomic E-state index is 11.4. The average Bonchev–Trinajstić information content (AvgIpc) is 3.05. The maximum atomic E-state index is 11.4. The van der Waals surface area contributed by atoms with Crippen LogP contribution in [-0.2, 0) is 4.79 Å². The minimum atomic E-state index is -0.523. The third-order valence-electron chi connectivity index (χ3n) is 3.42. The van der Waals surface area contributed by atoms with E-state index in [2.05, 4.69) is 10.1 Å². The van der Waals surface area contributed by atoms with Crippen LogP contribution in [0.15, 0.2) is 53.5 Å². The van der Waals surface area contributed by atoms with Gasteiger partial charge in [-0.3, -0.25) is 25.0 Å². The minimum Gasteiger partial charge on any atom is -0.273 e. The van der Waals surface area contributed by atoms with Crippen LogP contribution in [0.4, 0.5) is 11.4 Å². The summed E-state index contributed by atoms with van der Waals surface area (Å²) in [6, 6.07) is 11.5. The number of nitro benzene ring substituents is 2. The molecule has 10 nitrogen and oxygen atoms in total. The highest BCUT2D eigenvalue weighted by molar-refractivity contribution is 7.12. The van der Waals surface area contributed by atoms with Crippen molar-refractivity contribution in [3.8, 4) is 16.3 Å². The number of hydrogen-bond acceptors (Lipinski definition) is 7. The number of hydrogen-bond donors (Lipinski definition) is 0. The number of non-ortho nitro benzene ring substituents is 2. The van der Waals surface area contributed by atoms with Gasteiger partial charge in [0, 0.05) is 36.8 Å². The molecule has 1 heterocycles. The predicted molar refractivity (Wildman–Crippen MR) is 96.4 cm³/mol. The summed E-state index contributed by atoms with van der Waals surface area (Å²) >= 11 is 1.07. The van der Waals surface area contributed by atoms with Crippen molar-refractivity contribution in [2.24, 2.45) is 4.99 Å². The number of nitro groups is 2. The molecule has 0 atom stereocenters. The molecular formula is C16H11N5O5S. The van der Waals surface area contributed by atoms with Gasteiger partial charge in [0.15, 0.2) is 0 Å². The Morgan fingerprint density at radius 2 is 1.74 bits per heavy atom. The first-order valence-electron chi connectivity index (χ1n) is 7.50. The highest BCUT2D eigenvalue weighted by atomic mass is 32.1. The van der Waals surface area contributed by atoms with Gasteiger partial charge in [-0.2, -0.15) is 10.1 Å². The Bertz CT molecular complexity index is 1120. The van der Waals surface area contributed by atoms with Crippen LogP contribution in [0, 0.1) is 20.2 Å². The lowest BCUT2D eigenvalue weighted by molar-refractivity contribution is -0.385. The Balaban J connectivity index is 2.14. The smallest absolute Gasteiger partial charge is 0.270 e. The van der Waals surface area contributed by atoms with Crippen LogP contribution >= 0.6 is 11.3 Å². The molecule has 3 aromatic rings. The molecule has 2 aromatic carbocycles. The molecule has 0 bridgehead atoms. The van der Waals surface area contributed by atoms with Crippen LogP contribution in [0.5, 0.6) is 0 Å². The van der Waals surface area contributed by atoms with Crippen molar-refractivity contribution < 1.29 is 14.6 Å². The maximum Gasteiger partial charge on any atom is 0.270 e. The van der Waals surface area contributed by atoms with Crippen LogP contribution in [0.1, 0.15) is 6.92 Å². The second-order valence-corrected chi connectivity index (χ2v) is 6.27. The second kappa shape index (κ2) is 7.25. The van der Waals surface area contributed by atoms with Crippen molar-refractivity contribution in [2.75, 3.05) is 0 Å². The number of nitrogens with zero attached hydrogens (tertiary/aromatic N) is 5. The van der Waals surface area contributed by atoms with Gasteiger partial charge in [0.25, 0.3) is 11.4 Å². The predicted octanol–water partition coefficient (Wildman–Crippen LogP) is 2.86. The minimum absolute atomic E-state index is 0.0847. The van der Waals surface area contributed by atoms with Gasteiger partial charge in [0.1, 0.15) is 5.01 Å². The second-order valence-electron chi connectivity index (χ2n) is 5.31. The molecule has 0 saturated heterocycles. The van der Waals surface area contributed by atoms with Gasteiger partial charge < -0.3 is 0 Å². The quantitative estimate of drug-likeness (QED) is 0.501. The van der Waals surface area contributed by atoms with Crippen molar-refractivity contribution in [2.45, 2.75) is 6.92 Å². The molecule has 3 rings (SSSR count). The van der Waals surface area contributed by atoms with Gasteiger partial charge in [-0.15, -0.1) is 0 Å². The third kappa shape index (κ3) is 3.93. The fourth-order valence-electron chi connectivity index (χ4n) is 2.24. The monoisotopic (exact) mass is 385 g/mol. The Morgan fingerprint density at radius 3 is 2.33 bits per heavy atom. The van der Waals surface area contributed by atoms with E-state index < -0.39 is 15.8 Å². The molecule has 27 heavy (non-hydrogen) atoms. The highest BCUT2D eigenvalue weighted by Gasteiger charge is 2.14. The summed E-state index contributed by atoms with van der Waals surface area (Å²) in [5.74, 6) is -0.445. The summed E-state index contributed by atoms with van der Waals surface area (Å²) in [5.41, 5.74) is 0.789. The molecule has 0 N–H and O–H groups in total. The van der Waals surface area contributed by atoms with Crippen molar-refractivity contribution in [1.29, 1.82) is 0 Å². The van der Waals surface area contributed by atoms with E-state index in [9.17, 15) is 25.0 Å². The standard InChI is InChI=1S/C16H11N5O5S/c1-10(22)17-16-19(12-5-7-13(8-6-12)20(23)24)18-15(27-16)11-3-2-4-14(9-11)21(25)26/h2-9H,1H3. The van der Waals surface area contributed by atoms with E-state index in [1.54, 1.807) is 6.07 Å². The summed E-state index contributed by atoms with van der Waals surface area (Å²) < 4.78 is 1.37. The zero-order valence-corrected chi connectivity index (χ0v) is 14.6. The molecule has 0 fully saturated rings. The summed E-state index contributed by atoms with van der Waals surface area (Å²) in [6.45, 7) is 1.28. The number of amides is 1. The first-order valence-corrected chi connectivity index (χ1v) is 8.32. The molecule has 0 radical (unpaired) electrons. The molecule has 0 aliphatic carbocycles. The van der Waals surface area contributed by atoms with E-state index in [4.69, 9.17) is 0 Å². The van der Waals surface area contributed by atoms with Gasteiger partial charge in [-0.1, -0.05) is 23.5 Å². The van der Waals surface area contributed by atoms with Crippen LogP contribution in [-0.4, -0.2) is 25.5 Å². The van der Waals surface area contributed by atoms with Crippen LogP contribution < -0.4 is 4.80 Å². The molecule has 136 valence electrons. The lowest BCUT2D eigenvalue weighted by Crippen LogP contribution is -2.15.